The molecule has 0 aliphatic heterocycles. The summed E-state index contributed by atoms with van der Waals surface area (Å²) in [5.41, 5.74) is 2.72. The number of hydrogen-bond acceptors (Lipinski definition) is 2. The Kier molecular flexibility index (Phi) is 7.15. The molecular formula is C21H29NO. The number of hydrogen-bond donors (Lipinski definition) is 0. The summed E-state index contributed by atoms with van der Waals surface area (Å²) < 4.78 is 5.85. The Morgan fingerprint density at radius 1 is 1.00 bits per heavy atom. The third-order valence-corrected chi connectivity index (χ3v) is 4.19. The largest absolute Gasteiger partial charge is 0.493 e. The minimum Gasteiger partial charge on any atom is -0.493 e. The number of benzene rings is 2. The molecule has 0 amide bonds. The average molecular weight is 311 g/mol. The standard InChI is InChI=1S/C21H29NO/c1-4-22(16-20-12-10-18(2)11-13-20)15-14-19(3)17-23-21-8-6-5-7-9-21/h5-13,19H,4,14-17H2,1-3H3. The minimum atomic E-state index is 0.558. The van der Waals surface area contributed by atoms with Crippen molar-refractivity contribution in [2.24, 2.45) is 5.92 Å². The van der Waals surface area contributed by atoms with E-state index in [0.29, 0.717) is 5.92 Å². The van der Waals surface area contributed by atoms with Crippen LogP contribution in [0.4, 0.5) is 0 Å². The molecule has 2 aromatic carbocycles. The Labute approximate surface area is 141 Å². The van der Waals surface area contributed by atoms with Crippen molar-refractivity contribution in [1.29, 1.82) is 0 Å². The van der Waals surface area contributed by atoms with Gasteiger partial charge < -0.3 is 4.74 Å². The summed E-state index contributed by atoms with van der Waals surface area (Å²) >= 11 is 0. The van der Waals surface area contributed by atoms with Crippen LogP contribution in [-0.4, -0.2) is 24.6 Å². The zero-order valence-corrected chi connectivity index (χ0v) is 14.7. The highest BCUT2D eigenvalue weighted by molar-refractivity contribution is 5.21. The summed E-state index contributed by atoms with van der Waals surface area (Å²) in [6, 6.07) is 18.9. The molecule has 0 N–H and O–H groups in total. The fourth-order valence-corrected chi connectivity index (χ4v) is 2.54. The summed E-state index contributed by atoms with van der Waals surface area (Å²) in [4.78, 5) is 2.50. The third kappa shape index (κ3) is 6.45. The number of nitrogens with zero attached hydrogens (tertiary/aromatic N) is 1. The molecule has 0 radical (unpaired) electrons. The number of para-hydroxylation sites is 1. The maximum Gasteiger partial charge on any atom is 0.119 e. The van der Waals surface area contributed by atoms with Crippen molar-refractivity contribution in [1.82, 2.24) is 4.90 Å². The highest BCUT2D eigenvalue weighted by atomic mass is 16.5. The van der Waals surface area contributed by atoms with Gasteiger partial charge in [0.25, 0.3) is 0 Å². The van der Waals surface area contributed by atoms with Gasteiger partial charge in [-0.05, 0) is 50.0 Å². The zero-order chi connectivity index (χ0) is 16.5. The summed E-state index contributed by atoms with van der Waals surface area (Å²) in [6.45, 7) is 10.6. The van der Waals surface area contributed by atoms with E-state index in [2.05, 4.69) is 49.9 Å². The molecule has 0 saturated heterocycles. The van der Waals surface area contributed by atoms with Crippen LogP contribution in [0.2, 0.25) is 0 Å². The van der Waals surface area contributed by atoms with Gasteiger partial charge in [0.15, 0.2) is 0 Å². The summed E-state index contributed by atoms with van der Waals surface area (Å²) in [7, 11) is 0. The van der Waals surface area contributed by atoms with E-state index in [1.165, 1.54) is 11.1 Å². The van der Waals surface area contributed by atoms with E-state index in [-0.39, 0.29) is 0 Å². The van der Waals surface area contributed by atoms with Crippen molar-refractivity contribution in [3.8, 4) is 5.75 Å². The molecule has 0 saturated carbocycles. The Morgan fingerprint density at radius 2 is 1.70 bits per heavy atom. The molecule has 124 valence electrons. The molecule has 0 aromatic heterocycles. The van der Waals surface area contributed by atoms with Crippen LogP contribution in [0.1, 0.15) is 31.4 Å². The molecule has 1 atom stereocenters. The Hall–Kier alpha value is -1.80. The lowest BCUT2D eigenvalue weighted by molar-refractivity contribution is 0.213. The quantitative estimate of drug-likeness (QED) is 0.651. The number of rotatable bonds is 9. The lowest BCUT2D eigenvalue weighted by Crippen LogP contribution is -2.26. The van der Waals surface area contributed by atoms with Gasteiger partial charge in [-0.1, -0.05) is 61.9 Å². The van der Waals surface area contributed by atoms with Gasteiger partial charge in [0.05, 0.1) is 6.61 Å². The summed E-state index contributed by atoms with van der Waals surface area (Å²) in [5.74, 6) is 1.52. The molecule has 0 aliphatic carbocycles. The molecule has 0 aliphatic rings. The van der Waals surface area contributed by atoms with Crippen LogP contribution in [-0.2, 0) is 6.54 Å². The van der Waals surface area contributed by atoms with Gasteiger partial charge in [-0.15, -0.1) is 0 Å². The van der Waals surface area contributed by atoms with Gasteiger partial charge in [0.1, 0.15) is 5.75 Å². The molecule has 0 bridgehead atoms. The van der Waals surface area contributed by atoms with Crippen LogP contribution in [0.15, 0.2) is 54.6 Å². The molecule has 2 heteroatoms. The molecule has 2 rings (SSSR count). The first kappa shape index (κ1) is 17.6. The molecule has 0 heterocycles. The Balaban J connectivity index is 1.72. The summed E-state index contributed by atoms with van der Waals surface area (Å²) in [6.07, 6.45) is 1.16. The summed E-state index contributed by atoms with van der Waals surface area (Å²) in [5, 5.41) is 0. The van der Waals surface area contributed by atoms with Gasteiger partial charge in [-0.2, -0.15) is 0 Å². The van der Waals surface area contributed by atoms with Crippen LogP contribution in [0.25, 0.3) is 0 Å². The van der Waals surface area contributed by atoms with Crippen molar-refractivity contribution >= 4 is 0 Å². The first-order chi connectivity index (χ1) is 11.2. The van der Waals surface area contributed by atoms with E-state index >= 15 is 0 Å². The van der Waals surface area contributed by atoms with Crippen molar-refractivity contribution in [3.63, 3.8) is 0 Å². The van der Waals surface area contributed by atoms with Gasteiger partial charge in [-0.3, -0.25) is 4.90 Å². The van der Waals surface area contributed by atoms with E-state index < -0.39 is 0 Å². The second kappa shape index (κ2) is 9.36. The molecule has 0 spiro atoms. The highest BCUT2D eigenvalue weighted by Crippen LogP contribution is 2.13. The van der Waals surface area contributed by atoms with Crippen molar-refractivity contribution in [3.05, 3.63) is 65.7 Å². The van der Waals surface area contributed by atoms with E-state index in [1.807, 2.05) is 30.3 Å². The maximum absolute atomic E-state index is 5.85. The lowest BCUT2D eigenvalue weighted by atomic mass is 10.1. The van der Waals surface area contributed by atoms with Gasteiger partial charge in [0, 0.05) is 6.54 Å². The van der Waals surface area contributed by atoms with Gasteiger partial charge >= 0.3 is 0 Å². The minimum absolute atomic E-state index is 0.558. The second-order valence-corrected chi connectivity index (χ2v) is 6.37. The van der Waals surface area contributed by atoms with Crippen molar-refractivity contribution in [2.45, 2.75) is 33.7 Å². The topological polar surface area (TPSA) is 12.5 Å². The zero-order valence-electron chi connectivity index (χ0n) is 14.7. The van der Waals surface area contributed by atoms with Crippen LogP contribution < -0.4 is 4.74 Å². The smallest absolute Gasteiger partial charge is 0.119 e. The maximum atomic E-state index is 5.85. The van der Waals surface area contributed by atoms with E-state index in [9.17, 15) is 0 Å². The molecule has 2 nitrogen and oxygen atoms in total. The van der Waals surface area contributed by atoms with E-state index in [4.69, 9.17) is 4.74 Å². The Morgan fingerprint density at radius 3 is 2.35 bits per heavy atom. The third-order valence-electron chi connectivity index (χ3n) is 4.19. The van der Waals surface area contributed by atoms with Crippen LogP contribution >= 0.6 is 0 Å². The normalized spacial score (nSPS) is 12.3. The van der Waals surface area contributed by atoms with Gasteiger partial charge in [0.2, 0.25) is 0 Å². The van der Waals surface area contributed by atoms with E-state index in [1.54, 1.807) is 0 Å². The fourth-order valence-electron chi connectivity index (χ4n) is 2.54. The lowest BCUT2D eigenvalue weighted by Gasteiger charge is -2.22. The Bertz CT molecular complexity index is 550. The van der Waals surface area contributed by atoms with Crippen molar-refractivity contribution < 1.29 is 4.74 Å². The van der Waals surface area contributed by atoms with Crippen LogP contribution in [0, 0.1) is 12.8 Å². The number of ether oxygens (including phenoxy) is 1. The monoisotopic (exact) mass is 311 g/mol. The SMILES string of the molecule is CCN(CCC(C)COc1ccccc1)Cc1ccc(C)cc1. The van der Waals surface area contributed by atoms with Crippen molar-refractivity contribution in [2.75, 3.05) is 19.7 Å². The first-order valence-electron chi connectivity index (χ1n) is 8.63. The molecule has 1 unspecified atom stereocenters. The van der Waals surface area contributed by atoms with Crippen LogP contribution in [0.3, 0.4) is 0 Å². The molecule has 2 aromatic rings. The predicted molar refractivity (Wildman–Crippen MR) is 97.8 cm³/mol. The second-order valence-electron chi connectivity index (χ2n) is 6.37. The number of aryl methyl sites for hydroxylation is 1. The first-order valence-corrected chi connectivity index (χ1v) is 8.63. The average Bonchev–Trinajstić information content (AvgIpc) is 2.59. The molecule has 23 heavy (non-hydrogen) atoms. The van der Waals surface area contributed by atoms with Crippen LogP contribution in [0.5, 0.6) is 5.75 Å². The van der Waals surface area contributed by atoms with E-state index in [0.717, 1.165) is 38.4 Å². The molecular weight excluding hydrogens is 282 g/mol. The van der Waals surface area contributed by atoms with Gasteiger partial charge in [-0.25, -0.2) is 0 Å². The predicted octanol–water partition coefficient (Wildman–Crippen LogP) is 4.92. The molecule has 0 fully saturated rings. The highest BCUT2D eigenvalue weighted by Gasteiger charge is 2.08. The fraction of sp³-hybridized carbons (Fsp3) is 0.429.